The van der Waals surface area contributed by atoms with Gasteiger partial charge in [-0.15, -0.1) is 10.2 Å². The molecule has 3 N–H and O–H groups in total. The van der Waals surface area contributed by atoms with E-state index in [1.54, 1.807) is 36.4 Å². The predicted octanol–water partition coefficient (Wildman–Crippen LogP) is 4.74. The molecule has 0 saturated heterocycles. The molecule has 0 saturated carbocycles. The number of nitrogens with zero attached hydrogens (tertiary/aromatic N) is 2. The van der Waals surface area contributed by atoms with Crippen LogP contribution in [0.25, 0.3) is 10.8 Å². The van der Waals surface area contributed by atoms with Gasteiger partial charge in [0.2, 0.25) is 0 Å². The summed E-state index contributed by atoms with van der Waals surface area (Å²) >= 11 is 11.9. The minimum absolute atomic E-state index is 0. The van der Waals surface area contributed by atoms with Crippen LogP contribution in [0.1, 0.15) is 0 Å². The van der Waals surface area contributed by atoms with Crippen molar-refractivity contribution >= 4 is 90.7 Å². The summed E-state index contributed by atoms with van der Waals surface area (Å²) in [5.74, 6) is 0. The molecule has 0 fully saturated rings. The van der Waals surface area contributed by atoms with Gasteiger partial charge in [0.15, 0.2) is 0 Å². The Morgan fingerprint density at radius 2 is 1.54 bits per heavy atom. The van der Waals surface area contributed by atoms with Gasteiger partial charge >= 0.3 is 29.6 Å². The number of fused-ring (bicyclic) bond motifs is 1. The molecule has 0 spiro atoms. The number of hydrogen-bond acceptors (Lipinski definition) is 5. The Labute approximate surface area is 182 Å². The normalized spacial score (nSPS) is 11.7. The van der Waals surface area contributed by atoms with Crippen molar-refractivity contribution in [3.05, 3.63) is 58.6 Å². The number of hydrogen-bond donors (Lipinski definition) is 2. The fraction of sp³-hybridized carbons (Fsp3) is 0. The van der Waals surface area contributed by atoms with Crippen LogP contribution in [-0.2, 0) is 10.1 Å². The fourth-order valence-corrected chi connectivity index (χ4v) is 3.48. The van der Waals surface area contributed by atoms with Crippen LogP contribution >= 0.6 is 23.2 Å². The number of anilines is 1. The maximum atomic E-state index is 11.7. The predicted molar refractivity (Wildman–Crippen MR) is 106 cm³/mol. The molecule has 10 heteroatoms. The Bertz CT molecular complexity index is 1120. The van der Waals surface area contributed by atoms with E-state index in [1.165, 1.54) is 12.1 Å². The topological polar surface area (TPSA) is 105 Å². The molecular weight excluding hydrogens is 408 g/mol. The Balaban J connectivity index is 0.00000243. The van der Waals surface area contributed by atoms with Gasteiger partial charge in [0.25, 0.3) is 10.1 Å². The van der Waals surface area contributed by atoms with Gasteiger partial charge in [0.1, 0.15) is 16.3 Å². The number of halogens is 2. The Morgan fingerprint density at radius 3 is 2.15 bits per heavy atom. The number of nitrogen functional groups attached to an aromatic ring is 1. The molecular formula is C16H12Cl2N3NaO3S. The van der Waals surface area contributed by atoms with Crippen LogP contribution in [0.3, 0.4) is 0 Å². The maximum absolute atomic E-state index is 11.7. The van der Waals surface area contributed by atoms with Crippen LogP contribution in [0, 0.1) is 0 Å². The zero-order chi connectivity index (χ0) is 18.2. The first-order chi connectivity index (χ1) is 11.8. The monoisotopic (exact) mass is 419 g/mol. The van der Waals surface area contributed by atoms with Crippen LogP contribution in [0.4, 0.5) is 17.1 Å². The summed E-state index contributed by atoms with van der Waals surface area (Å²) in [6.07, 6.45) is 0. The second-order valence-electron chi connectivity index (χ2n) is 5.12. The summed E-state index contributed by atoms with van der Waals surface area (Å²) in [7, 11) is -4.47. The SMILES string of the molecule is Nc1c(/N=N/c2ccc(Cl)cc2Cl)cc(S(=O)(=O)O)c2ccccc12.[NaH]. The first-order valence-corrected chi connectivity index (χ1v) is 9.12. The molecule has 0 bridgehead atoms. The molecule has 0 aliphatic rings. The standard InChI is InChI=1S/C16H11Cl2N3O3S.Na.H/c17-9-5-6-13(12(18)7-9)20-21-14-8-15(25(22,23)24)10-3-1-2-4-11(10)16(14)19;;/h1-8H,19H2,(H,22,23,24);;/b21-20+;;. The first-order valence-electron chi connectivity index (χ1n) is 6.93. The van der Waals surface area contributed by atoms with Crippen molar-refractivity contribution in [1.82, 2.24) is 0 Å². The van der Waals surface area contributed by atoms with Crippen molar-refractivity contribution < 1.29 is 13.0 Å². The van der Waals surface area contributed by atoms with E-state index < -0.39 is 10.1 Å². The number of azo groups is 1. The molecule has 0 atom stereocenters. The number of rotatable bonds is 3. The van der Waals surface area contributed by atoms with Crippen LogP contribution in [0.5, 0.6) is 0 Å². The quantitative estimate of drug-likeness (QED) is 0.276. The van der Waals surface area contributed by atoms with Crippen molar-refractivity contribution in [3.63, 3.8) is 0 Å². The van der Waals surface area contributed by atoms with E-state index in [0.717, 1.165) is 0 Å². The minimum atomic E-state index is -4.47. The summed E-state index contributed by atoms with van der Waals surface area (Å²) in [6, 6.07) is 12.4. The molecule has 0 radical (unpaired) electrons. The summed E-state index contributed by atoms with van der Waals surface area (Å²) in [5.41, 5.74) is 6.74. The van der Waals surface area contributed by atoms with Crippen molar-refractivity contribution in [2.45, 2.75) is 4.90 Å². The average molecular weight is 420 g/mol. The van der Waals surface area contributed by atoms with Crippen LogP contribution in [0.2, 0.25) is 10.0 Å². The molecule has 6 nitrogen and oxygen atoms in total. The molecule has 26 heavy (non-hydrogen) atoms. The Hall–Kier alpha value is -1.19. The molecule has 0 aromatic heterocycles. The first kappa shape index (κ1) is 21.1. The zero-order valence-electron chi connectivity index (χ0n) is 12.5. The zero-order valence-corrected chi connectivity index (χ0v) is 14.8. The van der Waals surface area contributed by atoms with Crippen molar-refractivity contribution in [2.24, 2.45) is 10.2 Å². The molecule has 0 aliphatic carbocycles. The fourth-order valence-electron chi connectivity index (χ4n) is 2.32. The third kappa shape index (κ3) is 4.37. The van der Waals surface area contributed by atoms with Crippen molar-refractivity contribution in [2.75, 3.05) is 5.73 Å². The van der Waals surface area contributed by atoms with E-state index >= 15 is 0 Å². The van der Waals surface area contributed by atoms with Crippen LogP contribution in [0.15, 0.2) is 63.7 Å². The van der Waals surface area contributed by atoms with E-state index in [1.807, 2.05) is 0 Å². The Kier molecular flexibility index (Phi) is 6.68. The third-order valence-corrected chi connectivity index (χ3v) is 4.91. The van der Waals surface area contributed by atoms with E-state index in [9.17, 15) is 13.0 Å². The van der Waals surface area contributed by atoms with Gasteiger partial charge in [-0.05, 0) is 24.3 Å². The van der Waals surface area contributed by atoms with E-state index in [0.29, 0.717) is 21.5 Å². The molecule has 3 rings (SSSR count). The summed E-state index contributed by atoms with van der Waals surface area (Å²) < 4.78 is 32.9. The molecule has 3 aromatic carbocycles. The number of nitrogens with two attached hydrogens (primary N) is 1. The third-order valence-electron chi connectivity index (χ3n) is 3.48. The van der Waals surface area contributed by atoms with E-state index in [4.69, 9.17) is 28.9 Å². The average Bonchev–Trinajstić information content (AvgIpc) is 2.54. The molecule has 3 aromatic rings. The van der Waals surface area contributed by atoms with Gasteiger partial charge in [-0.2, -0.15) is 8.42 Å². The van der Waals surface area contributed by atoms with E-state index in [2.05, 4.69) is 10.2 Å². The second-order valence-corrected chi connectivity index (χ2v) is 7.36. The molecule has 0 heterocycles. The summed E-state index contributed by atoms with van der Waals surface area (Å²) in [4.78, 5) is -0.298. The van der Waals surface area contributed by atoms with Gasteiger partial charge in [-0.25, -0.2) is 0 Å². The van der Waals surface area contributed by atoms with Gasteiger partial charge in [-0.3, -0.25) is 4.55 Å². The molecule has 0 unspecified atom stereocenters. The molecule has 0 aliphatic heterocycles. The van der Waals surface area contributed by atoms with E-state index in [-0.39, 0.29) is 50.9 Å². The van der Waals surface area contributed by atoms with Gasteiger partial charge in [0.05, 0.1) is 10.7 Å². The molecule has 0 amide bonds. The van der Waals surface area contributed by atoms with Crippen LogP contribution in [-0.4, -0.2) is 42.5 Å². The summed E-state index contributed by atoms with van der Waals surface area (Å²) in [5, 5.41) is 9.44. The van der Waals surface area contributed by atoms with Gasteiger partial charge < -0.3 is 5.73 Å². The van der Waals surface area contributed by atoms with Gasteiger partial charge in [0, 0.05) is 15.8 Å². The van der Waals surface area contributed by atoms with Crippen LogP contribution < -0.4 is 5.73 Å². The van der Waals surface area contributed by atoms with Crippen molar-refractivity contribution in [3.8, 4) is 0 Å². The second kappa shape index (κ2) is 8.22. The Morgan fingerprint density at radius 1 is 0.923 bits per heavy atom. The summed E-state index contributed by atoms with van der Waals surface area (Å²) in [6.45, 7) is 0. The van der Waals surface area contributed by atoms with Gasteiger partial charge in [-0.1, -0.05) is 47.5 Å². The number of benzene rings is 3. The molecule has 130 valence electrons. The van der Waals surface area contributed by atoms with Crippen molar-refractivity contribution in [1.29, 1.82) is 0 Å².